The molecule has 36 heavy (non-hydrogen) atoms. The largest absolute Gasteiger partial charge is 0.379 e. The topological polar surface area (TPSA) is 87.7 Å². The van der Waals surface area contributed by atoms with Crippen LogP contribution in [0.5, 0.6) is 0 Å². The minimum absolute atomic E-state index is 0.0413. The fourth-order valence-electron chi connectivity index (χ4n) is 4.12. The second-order valence-corrected chi connectivity index (χ2v) is 11.0. The summed E-state index contributed by atoms with van der Waals surface area (Å²) in [6, 6.07) is 17.7. The van der Waals surface area contributed by atoms with Crippen molar-refractivity contribution in [1.29, 1.82) is 0 Å². The molecule has 1 aliphatic heterocycles. The summed E-state index contributed by atoms with van der Waals surface area (Å²) in [5.74, 6) is -0.381. The number of hydrogen-bond acceptors (Lipinski definition) is 5. The molecule has 7 nitrogen and oxygen atoms in total. The van der Waals surface area contributed by atoms with Gasteiger partial charge in [0.25, 0.3) is 15.9 Å². The molecule has 4 rings (SSSR count). The van der Waals surface area contributed by atoms with E-state index in [1.54, 1.807) is 6.07 Å². The molecule has 0 bridgehead atoms. The minimum atomic E-state index is -4.00. The second kappa shape index (κ2) is 11.4. The van der Waals surface area contributed by atoms with Crippen LogP contribution in [0.1, 0.15) is 32.6 Å². The van der Waals surface area contributed by atoms with Crippen molar-refractivity contribution in [2.75, 3.05) is 31.0 Å². The third-order valence-electron chi connectivity index (χ3n) is 6.06. The Bertz CT molecular complexity index is 1350. The van der Waals surface area contributed by atoms with Gasteiger partial charge in [-0.1, -0.05) is 53.6 Å². The molecule has 190 valence electrons. The Hall–Kier alpha value is -2.91. The van der Waals surface area contributed by atoms with Crippen LogP contribution < -0.4 is 10.0 Å². The summed E-state index contributed by atoms with van der Waals surface area (Å²) in [4.78, 5) is 15.1. The number of nitrogens with zero attached hydrogens (tertiary/aromatic N) is 1. The van der Waals surface area contributed by atoms with Crippen molar-refractivity contribution in [3.8, 4) is 0 Å². The van der Waals surface area contributed by atoms with Gasteiger partial charge in [0.1, 0.15) is 4.90 Å². The van der Waals surface area contributed by atoms with Crippen molar-refractivity contribution in [3.63, 3.8) is 0 Å². The Morgan fingerprint density at radius 3 is 2.50 bits per heavy atom. The molecule has 9 heteroatoms. The highest BCUT2D eigenvalue weighted by Crippen LogP contribution is 2.27. The summed E-state index contributed by atoms with van der Waals surface area (Å²) in [5, 5.41) is 2.92. The van der Waals surface area contributed by atoms with Crippen molar-refractivity contribution >= 4 is 33.2 Å². The zero-order chi connectivity index (χ0) is 25.7. The predicted octanol–water partition coefficient (Wildman–Crippen LogP) is 4.52. The van der Waals surface area contributed by atoms with E-state index in [0.29, 0.717) is 12.2 Å². The highest BCUT2D eigenvalue weighted by atomic mass is 35.5. The fraction of sp³-hybridized carbons (Fsp3) is 0.296. The van der Waals surface area contributed by atoms with E-state index in [0.717, 1.165) is 49.5 Å². The number of nitrogens with one attached hydrogen (secondary N) is 2. The zero-order valence-electron chi connectivity index (χ0n) is 20.4. The predicted molar refractivity (Wildman–Crippen MR) is 142 cm³/mol. The molecule has 1 heterocycles. The molecule has 3 aromatic carbocycles. The second-order valence-electron chi connectivity index (χ2n) is 8.96. The van der Waals surface area contributed by atoms with Crippen LogP contribution >= 0.6 is 11.6 Å². The van der Waals surface area contributed by atoms with E-state index in [-0.39, 0.29) is 21.4 Å². The first-order valence-electron chi connectivity index (χ1n) is 11.8. The van der Waals surface area contributed by atoms with Gasteiger partial charge in [0.2, 0.25) is 0 Å². The number of carbonyl (C=O) groups is 1. The summed E-state index contributed by atoms with van der Waals surface area (Å²) in [5.41, 5.74) is 4.63. The van der Waals surface area contributed by atoms with E-state index < -0.39 is 10.0 Å². The monoisotopic (exact) mass is 527 g/mol. The number of carbonyl (C=O) groups excluding carboxylic acids is 1. The SMILES string of the molecule is Cc1ccc(NS(=O)(=O)c2cc(C(=O)NCc3cccc(CN4CCOCC4)c3)ccc2Cl)c(C)c1. The van der Waals surface area contributed by atoms with Crippen LogP contribution in [0.15, 0.2) is 65.6 Å². The van der Waals surface area contributed by atoms with Gasteiger partial charge in [0, 0.05) is 31.7 Å². The Balaban J connectivity index is 1.44. The molecule has 1 aliphatic rings. The van der Waals surface area contributed by atoms with Gasteiger partial charge in [-0.2, -0.15) is 0 Å². The first kappa shape index (κ1) is 26.2. The van der Waals surface area contributed by atoms with Crippen LogP contribution in [0, 0.1) is 13.8 Å². The van der Waals surface area contributed by atoms with Gasteiger partial charge in [0.05, 0.1) is 23.9 Å². The Labute approximate surface area is 217 Å². The van der Waals surface area contributed by atoms with E-state index in [1.807, 2.05) is 38.1 Å². The van der Waals surface area contributed by atoms with Crippen molar-refractivity contribution in [2.45, 2.75) is 31.8 Å². The van der Waals surface area contributed by atoms with Gasteiger partial charge in [-0.15, -0.1) is 0 Å². The normalized spacial score (nSPS) is 14.4. The first-order chi connectivity index (χ1) is 17.2. The number of ether oxygens (including phenoxy) is 1. The van der Waals surface area contributed by atoms with E-state index in [9.17, 15) is 13.2 Å². The maximum Gasteiger partial charge on any atom is 0.263 e. The van der Waals surface area contributed by atoms with Crippen molar-refractivity contribution in [3.05, 3.63) is 93.5 Å². The summed E-state index contributed by atoms with van der Waals surface area (Å²) < 4.78 is 34.1. The lowest BCUT2D eigenvalue weighted by atomic mass is 10.1. The molecular formula is C27H30ClN3O4S. The van der Waals surface area contributed by atoms with Crippen molar-refractivity contribution in [2.24, 2.45) is 0 Å². The van der Waals surface area contributed by atoms with E-state index >= 15 is 0 Å². The highest BCUT2D eigenvalue weighted by molar-refractivity contribution is 7.92. The highest BCUT2D eigenvalue weighted by Gasteiger charge is 2.21. The molecule has 0 saturated carbocycles. The summed E-state index contributed by atoms with van der Waals surface area (Å²) in [6.45, 7) is 8.21. The quantitative estimate of drug-likeness (QED) is 0.450. The molecule has 3 aromatic rings. The van der Waals surface area contributed by atoms with Crippen LogP contribution in [0.25, 0.3) is 0 Å². The van der Waals surface area contributed by atoms with Crippen LogP contribution in [-0.2, 0) is 27.8 Å². The first-order valence-corrected chi connectivity index (χ1v) is 13.6. The van der Waals surface area contributed by atoms with Gasteiger partial charge in [-0.3, -0.25) is 14.4 Å². The lowest BCUT2D eigenvalue weighted by Gasteiger charge is -2.26. The molecule has 1 fully saturated rings. The average Bonchev–Trinajstić information content (AvgIpc) is 2.85. The third kappa shape index (κ3) is 6.64. The van der Waals surface area contributed by atoms with Crippen LogP contribution in [0.3, 0.4) is 0 Å². The van der Waals surface area contributed by atoms with Gasteiger partial charge >= 0.3 is 0 Å². The number of rotatable bonds is 8. The Morgan fingerprint density at radius 1 is 1.00 bits per heavy atom. The number of aryl methyl sites for hydroxylation is 2. The van der Waals surface area contributed by atoms with Crippen LogP contribution in [0.4, 0.5) is 5.69 Å². The maximum atomic E-state index is 13.1. The average molecular weight is 528 g/mol. The Morgan fingerprint density at radius 2 is 1.75 bits per heavy atom. The summed E-state index contributed by atoms with van der Waals surface area (Å²) in [6.07, 6.45) is 0. The maximum absolute atomic E-state index is 13.1. The lowest BCUT2D eigenvalue weighted by molar-refractivity contribution is 0.0342. The smallest absolute Gasteiger partial charge is 0.263 e. The number of morpholine rings is 1. The standard InChI is InChI=1S/C27H30ClN3O4S/c1-19-6-9-25(20(2)14-19)30-36(33,34)26-16-23(7-8-24(26)28)27(32)29-17-21-4-3-5-22(15-21)18-31-10-12-35-13-11-31/h3-9,14-16,30H,10-13,17-18H2,1-2H3,(H,29,32). The molecule has 0 atom stereocenters. The number of anilines is 1. The van der Waals surface area contributed by atoms with E-state index in [1.165, 1.54) is 23.8 Å². The minimum Gasteiger partial charge on any atom is -0.379 e. The number of halogens is 1. The van der Waals surface area contributed by atoms with Crippen molar-refractivity contribution < 1.29 is 17.9 Å². The summed E-state index contributed by atoms with van der Waals surface area (Å²) in [7, 11) is -4.00. The molecule has 0 aliphatic carbocycles. The molecule has 0 radical (unpaired) electrons. The molecule has 0 unspecified atom stereocenters. The molecule has 0 spiro atoms. The zero-order valence-corrected chi connectivity index (χ0v) is 22.0. The van der Waals surface area contributed by atoms with Crippen LogP contribution in [-0.4, -0.2) is 45.5 Å². The molecule has 0 aromatic heterocycles. The number of amides is 1. The van der Waals surface area contributed by atoms with E-state index in [4.69, 9.17) is 16.3 Å². The summed E-state index contributed by atoms with van der Waals surface area (Å²) >= 11 is 6.22. The van der Waals surface area contributed by atoms with Gasteiger partial charge in [-0.05, 0) is 54.8 Å². The van der Waals surface area contributed by atoms with Crippen molar-refractivity contribution in [1.82, 2.24) is 10.2 Å². The molecule has 2 N–H and O–H groups in total. The Kier molecular flexibility index (Phi) is 8.31. The third-order valence-corrected chi connectivity index (χ3v) is 7.91. The number of hydrogen-bond donors (Lipinski definition) is 2. The molecular weight excluding hydrogens is 498 g/mol. The van der Waals surface area contributed by atoms with Gasteiger partial charge < -0.3 is 10.1 Å². The van der Waals surface area contributed by atoms with Gasteiger partial charge in [-0.25, -0.2) is 8.42 Å². The number of sulfonamides is 1. The lowest BCUT2D eigenvalue weighted by Crippen LogP contribution is -2.35. The fourth-order valence-corrected chi connectivity index (χ4v) is 5.78. The molecule has 1 saturated heterocycles. The van der Waals surface area contributed by atoms with Gasteiger partial charge in [0.15, 0.2) is 0 Å². The number of benzene rings is 3. The van der Waals surface area contributed by atoms with E-state index in [2.05, 4.69) is 27.1 Å². The van der Waals surface area contributed by atoms with Crippen LogP contribution in [0.2, 0.25) is 5.02 Å². The molecule has 1 amide bonds.